The Balaban J connectivity index is 1.58. The monoisotopic (exact) mass is 370 g/mol. The molecule has 4 aliphatic rings. The van der Waals surface area contributed by atoms with Crippen LogP contribution in [0.5, 0.6) is 0 Å². The zero-order valence-electron chi connectivity index (χ0n) is 16.4. The van der Waals surface area contributed by atoms with Crippen molar-refractivity contribution in [1.82, 2.24) is 0 Å². The molecule has 27 heavy (non-hydrogen) atoms. The zero-order chi connectivity index (χ0) is 18.6. The van der Waals surface area contributed by atoms with Crippen LogP contribution < -0.4 is 0 Å². The molecule has 0 saturated carbocycles. The molecule has 0 bridgehead atoms. The summed E-state index contributed by atoms with van der Waals surface area (Å²) in [6, 6.07) is 0. The molecule has 0 aromatic heterocycles. The molecular formula is C24H34O3. The number of hydrogen-bond acceptors (Lipinski definition) is 3. The summed E-state index contributed by atoms with van der Waals surface area (Å²) in [5, 5.41) is 22.3. The van der Waals surface area contributed by atoms with Gasteiger partial charge in [-0.25, -0.2) is 0 Å². The van der Waals surface area contributed by atoms with Crippen LogP contribution in [0.1, 0.15) is 77.0 Å². The first-order valence-corrected chi connectivity index (χ1v) is 11.0. The average molecular weight is 371 g/mol. The van der Waals surface area contributed by atoms with Gasteiger partial charge in [-0.2, -0.15) is 0 Å². The number of aliphatic hydroxyl groups is 2. The Labute approximate surface area is 163 Å². The topological polar surface area (TPSA) is 49.7 Å². The van der Waals surface area contributed by atoms with E-state index in [-0.39, 0.29) is 12.2 Å². The quantitative estimate of drug-likeness (QED) is 0.597. The Morgan fingerprint density at radius 3 is 1.19 bits per heavy atom. The highest BCUT2D eigenvalue weighted by Crippen LogP contribution is 2.36. The minimum absolute atomic E-state index is 0.319. The fourth-order valence-electron chi connectivity index (χ4n) is 5.11. The second kappa shape index (κ2) is 8.89. The normalized spacial score (nSPS) is 27.0. The number of hydrogen-bond donors (Lipinski definition) is 2. The molecule has 0 amide bonds. The summed E-state index contributed by atoms with van der Waals surface area (Å²) >= 11 is 0. The van der Waals surface area contributed by atoms with E-state index in [9.17, 15) is 10.2 Å². The molecule has 0 spiro atoms. The van der Waals surface area contributed by atoms with Crippen molar-refractivity contribution in [2.24, 2.45) is 0 Å². The van der Waals surface area contributed by atoms with E-state index in [0.29, 0.717) is 0 Å². The third kappa shape index (κ3) is 4.31. The molecule has 3 heteroatoms. The lowest BCUT2D eigenvalue weighted by molar-refractivity contribution is -0.0711. The second-order valence-electron chi connectivity index (χ2n) is 8.55. The fraction of sp³-hybridized carbons (Fsp3) is 0.667. The van der Waals surface area contributed by atoms with Crippen molar-refractivity contribution < 1.29 is 14.9 Å². The molecule has 0 saturated heterocycles. The molecule has 148 valence electrons. The van der Waals surface area contributed by atoms with Crippen LogP contribution in [0, 0.1) is 0 Å². The standard InChI is InChI=1S/C24H34O3/c25-21(17-9-1-2-10-17)23(19-13-5-6-14-19)27-24(20-15-7-8-16-20)22(26)18-11-3-4-12-18/h9,11,13,15,21-26H,1-8,10,12,14,16H2. The lowest BCUT2D eigenvalue weighted by atomic mass is 9.93. The van der Waals surface area contributed by atoms with Gasteiger partial charge >= 0.3 is 0 Å². The third-order valence-electron chi connectivity index (χ3n) is 6.66. The van der Waals surface area contributed by atoms with Crippen LogP contribution >= 0.6 is 0 Å². The van der Waals surface area contributed by atoms with E-state index >= 15 is 0 Å². The maximum atomic E-state index is 11.2. The van der Waals surface area contributed by atoms with Crippen molar-refractivity contribution in [3.63, 3.8) is 0 Å². The molecule has 4 unspecified atom stereocenters. The summed E-state index contributed by atoms with van der Waals surface area (Å²) in [5.41, 5.74) is 4.71. The molecule has 3 nitrogen and oxygen atoms in total. The molecule has 0 aromatic rings. The van der Waals surface area contributed by atoms with Crippen LogP contribution in [0.3, 0.4) is 0 Å². The number of aliphatic hydroxyl groups excluding tert-OH is 2. The van der Waals surface area contributed by atoms with Gasteiger partial charge in [-0.1, -0.05) is 24.3 Å². The molecule has 0 aliphatic heterocycles. The van der Waals surface area contributed by atoms with Crippen LogP contribution in [0.4, 0.5) is 0 Å². The van der Waals surface area contributed by atoms with E-state index in [1.54, 1.807) is 0 Å². The van der Waals surface area contributed by atoms with Crippen LogP contribution in [0.25, 0.3) is 0 Å². The van der Waals surface area contributed by atoms with E-state index in [0.717, 1.165) is 88.2 Å². The van der Waals surface area contributed by atoms with Crippen LogP contribution in [0.15, 0.2) is 46.6 Å². The minimum atomic E-state index is -0.578. The van der Waals surface area contributed by atoms with Gasteiger partial charge in [0.15, 0.2) is 0 Å². The fourth-order valence-corrected chi connectivity index (χ4v) is 5.11. The lowest BCUT2D eigenvalue weighted by Crippen LogP contribution is -2.41. The van der Waals surface area contributed by atoms with Crippen LogP contribution in [-0.2, 0) is 4.74 Å². The molecule has 2 N–H and O–H groups in total. The number of allylic oxidation sites excluding steroid dienone is 4. The van der Waals surface area contributed by atoms with Gasteiger partial charge in [-0.15, -0.1) is 0 Å². The highest BCUT2D eigenvalue weighted by atomic mass is 16.5. The molecular weight excluding hydrogens is 336 g/mol. The molecule has 4 rings (SSSR count). The summed E-state index contributed by atoms with van der Waals surface area (Å²) in [5.74, 6) is 0. The van der Waals surface area contributed by atoms with E-state index < -0.39 is 12.2 Å². The van der Waals surface area contributed by atoms with Crippen LogP contribution in [0.2, 0.25) is 0 Å². The Morgan fingerprint density at radius 1 is 0.556 bits per heavy atom. The highest BCUT2D eigenvalue weighted by Gasteiger charge is 2.36. The maximum Gasteiger partial charge on any atom is 0.109 e. The summed E-state index contributed by atoms with van der Waals surface area (Å²) in [4.78, 5) is 0. The first-order valence-electron chi connectivity index (χ1n) is 11.0. The van der Waals surface area contributed by atoms with Gasteiger partial charge in [0.2, 0.25) is 0 Å². The number of rotatable bonds is 8. The van der Waals surface area contributed by atoms with Crippen molar-refractivity contribution in [2.75, 3.05) is 0 Å². The van der Waals surface area contributed by atoms with Crippen molar-refractivity contribution in [3.8, 4) is 0 Å². The van der Waals surface area contributed by atoms with Gasteiger partial charge in [0.05, 0.1) is 0 Å². The smallest absolute Gasteiger partial charge is 0.109 e. The van der Waals surface area contributed by atoms with E-state index in [1.165, 1.54) is 11.1 Å². The van der Waals surface area contributed by atoms with Crippen molar-refractivity contribution in [2.45, 2.75) is 101 Å². The SMILES string of the molecule is OC(C1=CCCC1)C(OC(C1=CCCC1)C(O)C1=CCCC1)C1=CCCC1. The van der Waals surface area contributed by atoms with Gasteiger partial charge in [-0.3, -0.25) is 0 Å². The van der Waals surface area contributed by atoms with Gasteiger partial charge in [0.25, 0.3) is 0 Å². The molecule has 0 heterocycles. The van der Waals surface area contributed by atoms with E-state index in [4.69, 9.17) is 4.74 Å². The number of ether oxygens (including phenoxy) is 1. The molecule has 4 atom stereocenters. The van der Waals surface area contributed by atoms with E-state index in [1.807, 2.05) is 0 Å². The largest absolute Gasteiger partial charge is 0.386 e. The molecule has 0 aromatic carbocycles. The van der Waals surface area contributed by atoms with Gasteiger partial charge in [-0.05, 0) is 99.3 Å². The molecule has 0 fully saturated rings. The highest BCUT2D eigenvalue weighted by molar-refractivity contribution is 5.27. The predicted molar refractivity (Wildman–Crippen MR) is 108 cm³/mol. The summed E-state index contributed by atoms with van der Waals surface area (Å²) in [6.45, 7) is 0. The Bertz CT molecular complexity index is 599. The van der Waals surface area contributed by atoms with Crippen molar-refractivity contribution in [1.29, 1.82) is 0 Å². The third-order valence-corrected chi connectivity index (χ3v) is 6.66. The lowest BCUT2D eigenvalue weighted by Gasteiger charge is -2.34. The molecule has 4 aliphatic carbocycles. The summed E-state index contributed by atoms with van der Waals surface area (Å²) in [7, 11) is 0. The Hall–Kier alpha value is -1.16. The first-order chi connectivity index (χ1) is 13.2. The molecule has 0 radical (unpaired) electrons. The van der Waals surface area contributed by atoms with Gasteiger partial charge in [0, 0.05) is 0 Å². The van der Waals surface area contributed by atoms with Gasteiger partial charge in [0.1, 0.15) is 24.4 Å². The van der Waals surface area contributed by atoms with Gasteiger partial charge < -0.3 is 14.9 Å². The predicted octanol–water partition coefficient (Wildman–Crippen LogP) is 4.90. The van der Waals surface area contributed by atoms with E-state index in [2.05, 4.69) is 24.3 Å². The zero-order valence-corrected chi connectivity index (χ0v) is 16.4. The second-order valence-corrected chi connectivity index (χ2v) is 8.55. The maximum absolute atomic E-state index is 11.2. The Morgan fingerprint density at radius 2 is 0.889 bits per heavy atom. The van der Waals surface area contributed by atoms with Crippen molar-refractivity contribution >= 4 is 0 Å². The Kier molecular flexibility index (Phi) is 6.31. The average Bonchev–Trinajstić information content (AvgIpc) is 3.50. The van der Waals surface area contributed by atoms with Crippen LogP contribution in [-0.4, -0.2) is 34.6 Å². The summed E-state index contributed by atoms with van der Waals surface area (Å²) < 4.78 is 6.65. The van der Waals surface area contributed by atoms with Crippen molar-refractivity contribution in [3.05, 3.63) is 46.6 Å². The first kappa shape index (κ1) is 19.2. The summed E-state index contributed by atoms with van der Waals surface area (Å²) in [6.07, 6.45) is 19.8. The minimum Gasteiger partial charge on any atom is -0.386 e.